The fourth-order valence-corrected chi connectivity index (χ4v) is 4.35. The zero-order chi connectivity index (χ0) is 23.3. The Morgan fingerprint density at radius 1 is 1.06 bits per heavy atom. The van der Waals surface area contributed by atoms with Gasteiger partial charge in [0.25, 0.3) is 5.92 Å². The van der Waals surface area contributed by atoms with E-state index >= 15 is 8.78 Å². The number of benzene rings is 1. The molecule has 0 aliphatic heterocycles. The molecular weight excluding hydrogens is 386 g/mol. The molecule has 0 aromatic heterocycles. The Morgan fingerprint density at radius 3 is 2.23 bits per heavy atom. The Morgan fingerprint density at radius 2 is 1.71 bits per heavy atom. The summed E-state index contributed by atoms with van der Waals surface area (Å²) in [6, 6.07) is 4.22. The van der Waals surface area contributed by atoms with Crippen molar-refractivity contribution in [1.29, 1.82) is 0 Å². The van der Waals surface area contributed by atoms with Crippen molar-refractivity contribution >= 4 is 11.1 Å². The summed E-state index contributed by atoms with van der Waals surface area (Å²) in [5, 5.41) is 0. The maximum absolute atomic E-state index is 15.9. The predicted molar refractivity (Wildman–Crippen MR) is 133 cm³/mol. The third-order valence-electron chi connectivity index (χ3n) is 6.59. The SMILES string of the molecule is CCCCc1ccc(C)c(/C(C)=C(\C)CC)c1/C(=C\C(C)=C1CC1)C(F)(F)CC(C)C. The molecule has 0 N–H and O–H groups in total. The number of alkyl halides is 2. The minimum absolute atomic E-state index is 0.0753. The average Bonchev–Trinajstić information content (AvgIpc) is 3.54. The number of unbranched alkanes of at least 4 members (excludes halogenated alkanes) is 1. The quantitative estimate of drug-likeness (QED) is 0.348. The molecular formula is C29H42F2. The number of rotatable bonds is 10. The molecule has 1 fully saturated rings. The summed E-state index contributed by atoms with van der Waals surface area (Å²) in [5.41, 5.74) is 8.96. The molecule has 0 saturated heterocycles. The zero-order valence-corrected chi connectivity index (χ0v) is 21.0. The molecule has 1 aliphatic rings. The molecule has 0 unspecified atom stereocenters. The van der Waals surface area contributed by atoms with E-state index in [1.807, 2.05) is 26.8 Å². The van der Waals surface area contributed by atoms with Gasteiger partial charge in [-0.05, 0) is 99.6 Å². The molecule has 172 valence electrons. The van der Waals surface area contributed by atoms with E-state index in [9.17, 15) is 0 Å². The van der Waals surface area contributed by atoms with E-state index in [1.165, 1.54) is 11.1 Å². The Balaban J connectivity index is 2.90. The lowest BCUT2D eigenvalue weighted by Gasteiger charge is -2.28. The van der Waals surface area contributed by atoms with E-state index < -0.39 is 5.92 Å². The predicted octanol–water partition coefficient (Wildman–Crippen LogP) is 9.72. The standard InChI is InChI=1S/C29H42F2/c1-9-11-12-25-14-13-21(6)27(23(8)20(5)10-2)28(25)26(17-22(7)24-15-16-24)29(30,31)18-19(3)4/h13-14,17,19H,9-12,15-16,18H2,1-8H3/b23-20+,26-17+. The topological polar surface area (TPSA) is 0 Å². The van der Waals surface area contributed by atoms with Gasteiger partial charge in [-0.1, -0.05) is 63.0 Å². The molecule has 0 amide bonds. The molecule has 0 atom stereocenters. The summed E-state index contributed by atoms with van der Waals surface area (Å²) in [6.45, 7) is 16.4. The van der Waals surface area contributed by atoms with Crippen LogP contribution in [0, 0.1) is 12.8 Å². The molecule has 0 radical (unpaired) electrons. The van der Waals surface area contributed by atoms with E-state index in [4.69, 9.17) is 0 Å². The largest absolute Gasteiger partial charge is 0.274 e. The Bertz CT molecular complexity index is 872. The lowest BCUT2D eigenvalue weighted by Crippen LogP contribution is -2.23. The highest BCUT2D eigenvalue weighted by molar-refractivity contribution is 5.86. The van der Waals surface area contributed by atoms with Gasteiger partial charge in [-0.2, -0.15) is 0 Å². The molecule has 0 spiro atoms. The fourth-order valence-electron chi connectivity index (χ4n) is 4.35. The van der Waals surface area contributed by atoms with Crippen LogP contribution in [-0.2, 0) is 6.42 Å². The van der Waals surface area contributed by atoms with Crippen molar-refractivity contribution in [3.63, 3.8) is 0 Å². The van der Waals surface area contributed by atoms with Crippen LogP contribution in [-0.4, -0.2) is 5.92 Å². The van der Waals surface area contributed by atoms with Crippen molar-refractivity contribution in [2.75, 3.05) is 0 Å². The van der Waals surface area contributed by atoms with Crippen molar-refractivity contribution in [2.45, 2.75) is 106 Å². The first-order valence-electron chi connectivity index (χ1n) is 12.1. The van der Waals surface area contributed by atoms with Gasteiger partial charge in [0, 0.05) is 12.0 Å². The average molecular weight is 429 g/mol. The lowest BCUT2D eigenvalue weighted by atomic mass is 9.80. The van der Waals surface area contributed by atoms with Gasteiger partial charge in [0.05, 0.1) is 0 Å². The number of aryl methyl sites for hydroxylation is 2. The summed E-state index contributed by atoms with van der Waals surface area (Å²) >= 11 is 0. The summed E-state index contributed by atoms with van der Waals surface area (Å²) in [7, 11) is 0. The first kappa shape index (κ1) is 25.6. The van der Waals surface area contributed by atoms with E-state index in [-0.39, 0.29) is 17.9 Å². The number of allylic oxidation sites excluding steroid dienone is 6. The Hall–Kier alpha value is -1.70. The van der Waals surface area contributed by atoms with Crippen molar-refractivity contribution in [3.8, 4) is 0 Å². The van der Waals surface area contributed by atoms with Crippen LogP contribution in [0.3, 0.4) is 0 Å². The second-order valence-corrected chi connectivity index (χ2v) is 9.80. The van der Waals surface area contributed by atoms with Gasteiger partial charge in [-0.15, -0.1) is 0 Å². The highest BCUT2D eigenvalue weighted by atomic mass is 19.3. The second kappa shape index (κ2) is 10.7. The molecule has 1 aromatic rings. The van der Waals surface area contributed by atoms with E-state index in [2.05, 4.69) is 46.8 Å². The van der Waals surface area contributed by atoms with Gasteiger partial charge in [-0.3, -0.25) is 0 Å². The van der Waals surface area contributed by atoms with Gasteiger partial charge in [-0.25, -0.2) is 8.78 Å². The molecule has 2 rings (SSSR count). The van der Waals surface area contributed by atoms with Crippen LogP contribution in [0.1, 0.15) is 109 Å². The third kappa shape index (κ3) is 6.40. The van der Waals surface area contributed by atoms with Crippen LogP contribution in [0.15, 0.2) is 34.9 Å². The summed E-state index contributed by atoms with van der Waals surface area (Å²) in [6.07, 6.45) is 7.61. The smallest absolute Gasteiger partial charge is 0.201 e. The van der Waals surface area contributed by atoms with Gasteiger partial charge in [0.1, 0.15) is 0 Å². The highest BCUT2D eigenvalue weighted by Crippen LogP contribution is 2.45. The highest BCUT2D eigenvalue weighted by Gasteiger charge is 2.38. The van der Waals surface area contributed by atoms with E-state index in [0.29, 0.717) is 0 Å². The first-order valence-corrected chi connectivity index (χ1v) is 12.1. The Kier molecular flexibility index (Phi) is 8.86. The minimum atomic E-state index is -2.87. The van der Waals surface area contributed by atoms with Crippen LogP contribution in [0.4, 0.5) is 8.78 Å². The lowest BCUT2D eigenvalue weighted by molar-refractivity contribution is 0.0436. The fraction of sp³-hybridized carbons (Fsp3) is 0.586. The van der Waals surface area contributed by atoms with Crippen molar-refractivity contribution in [3.05, 3.63) is 57.2 Å². The van der Waals surface area contributed by atoms with Gasteiger partial charge in [0.2, 0.25) is 0 Å². The Labute approximate surface area is 189 Å². The van der Waals surface area contributed by atoms with Crippen LogP contribution < -0.4 is 0 Å². The van der Waals surface area contributed by atoms with Gasteiger partial charge < -0.3 is 0 Å². The van der Waals surface area contributed by atoms with Crippen LogP contribution in [0.2, 0.25) is 0 Å². The van der Waals surface area contributed by atoms with E-state index in [1.54, 1.807) is 0 Å². The zero-order valence-electron chi connectivity index (χ0n) is 21.0. The molecule has 2 heteroatoms. The van der Waals surface area contributed by atoms with E-state index in [0.717, 1.165) is 71.9 Å². The van der Waals surface area contributed by atoms with Crippen LogP contribution in [0.25, 0.3) is 11.1 Å². The second-order valence-electron chi connectivity index (χ2n) is 9.80. The molecule has 1 aromatic carbocycles. The normalized spacial score (nSPS) is 15.5. The van der Waals surface area contributed by atoms with Crippen LogP contribution >= 0.6 is 0 Å². The summed E-state index contributed by atoms with van der Waals surface area (Å²) in [5.74, 6) is -2.94. The number of hydrogen-bond donors (Lipinski definition) is 0. The van der Waals surface area contributed by atoms with Crippen LogP contribution in [0.5, 0.6) is 0 Å². The first-order chi connectivity index (χ1) is 14.5. The molecule has 0 nitrogen and oxygen atoms in total. The van der Waals surface area contributed by atoms with Crippen molar-refractivity contribution < 1.29 is 8.78 Å². The molecule has 1 aliphatic carbocycles. The summed E-state index contributed by atoms with van der Waals surface area (Å²) in [4.78, 5) is 0. The van der Waals surface area contributed by atoms with Gasteiger partial charge in [0.15, 0.2) is 0 Å². The molecule has 1 saturated carbocycles. The number of hydrogen-bond acceptors (Lipinski definition) is 0. The van der Waals surface area contributed by atoms with Gasteiger partial charge >= 0.3 is 0 Å². The monoisotopic (exact) mass is 428 g/mol. The molecule has 0 bridgehead atoms. The minimum Gasteiger partial charge on any atom is -0.201 e. The maximum Gasteiger partial charge on any atom is 0.274 e. The number of halogens is 2. The summed E-state index contributed by atoms with van der Waals surface area (Å²) < 4.78 is 31.8. The van der Waals surface area contributed by atoms with Crippen molar-refractivity contribution in [2.24, 2.45) is 5.92 Å². The third-order valence-corrected chi connectivity index (χ3v) is 6.59. The molecule has 31 heavy (non-hydrogen) atoms. The maximum atomic E-state index is 15.9. The molecule has 0 heterocycles. The van der Waals surface area contributed by atoms with Crippen molar-refractivity contribution in [1.82, 2.24) is 0 Å².